The third-order valence-corrected chi connectivity index (χ3v) is 3.70. The molecule has 1 aromatic heterocycles. The van der Waals surface area contributed by atoms with Crippen molar-refractivity contribution in [3.63, 3.8) is 0 Å². The van der Waals surface area contributed by atoms with Crippen LogP contribution in [-0.4, -0.2) is 18.0 Å². The fourth-order valence-electron chi connectivity index (χ4n) is 1.47. The molecule has 0 atom stereocenters. The minimum atomic E-state index is -3.71. The quantitative estimate of drug-likeness (QED) is 0.845. The smallest absolute Gasteiger partial charge is 0.281 e. The van der Waals surface area contributed by atoms with Crippen LogP contribution in [0.15, 0.2) is 41.7 Å². The molecule has 0 saturated carbocycles. The van der Waals surface area contributed by atoms with Gasteiger partial charge >= 0.3 is 0 Å². The standard InChI is InChI=1S/C10H12N4O2S/c1-14-7-12-9(11)10(14)17(15,16)13-8-5-3-2-4-6-8/h2-7,13H,11H2,1H3. The van der Waals surface area contributed by atoms with Crippen LogP contribution in [0, 0.1) is 0 Å². The van der Waals surface area contributed by atoms with E-state index in [0.29, 0.717) is 5.69 Å². The summed E-state index contributed by atoms with van der Waals surface area (Å²) in [5.74, 6) is -0.0177. The second kappa shape index (κ2) is 4.10. The zero-order chi connectivity index (χ0) is 12.5. The molecular weight excluding hydrogens is 240 g/mol. The molecule has 7 heteroatoms. The van der Waals surface area contributed by atoms with Gasteiger partial charge in [-0.1, -0.05) is 18.2 Å². The van der Waals surface area contributed by atoms with E-state index in [1.54, 1.807) is 37.4 Å². The Morgan fingerprint density at radius 3 is 2.47 bits per heavy atom. The summed E-state index contributed by atoms with van der Waals surface area (Å²) in [6.07, 6.45) is 1.36. The fraction of sp³-hybridized carbons (Fsp3) is 0.100. The molecule has 0 radical (unpaired) electrons. The van der Waals surface area contributed by atoms with Gasteiger partial charge in [-0.3, -0.25) is 4.72 Å². The van der Waals surface area contributed by atoms with Crippen LogP contribution in [0.2, 0.25) is 0 Å². The SMILES string of the molecule is Cn1cnc(N)c1S(=O)(=O)Nc1ccccc1. The average molecular weight is 252 g/mol. The lowest BCUT2D eigenvalue weighted by Gasteiger charge is -2.08. The number of benzene rings is 1. The van der Waals surface area contributed by atoms with Gasteiger partial charge in [0.1, 0.15) is 0 Å². The Labute approximate surface area is 99.1 Å². The van der Waals surface area contributed by atoms with Crippen molar-refractivity contribution in [3.05, 3.63) is 36.7 Å². The highest BCUT2D eigenvalue weighted by atomic mass is 32.2. The Balaban J connectivity index is 2.39. The summed E-state index contributed by atoms with van der Waals surface area (Å²) in [7, 11) is -2.13. The van der Waals surface area contributed by atoms with Crippen LogP contribution in [0.1, 0.15) is 0 Å². The highest BCUT2D eigenvalue weighted by molar-refractivity contribution is 7.92. The average Bonchev–Trinajstić information content (AvgIpc) is 2.59. The van der Waals surface area contributed by atoms with Crippen molar-refractivity contribution in [2.24, 2.45) is 7.05 Å². The highest BCUT2D eigenvalue weighted by Crippen LogP contribution is 2.19. The number of hydrogen-bond acceptors (Lipinski definition) is 4. The zero-order valence-electron chi connectivity index (χ0n) is 9.16. The summed E-state index contributed by atoms with van der Waals surface area (Å²) >= 11 is 0. The molecule has 0 aliphatic rings. The van der Waals surface area contributed by atoms with Crippen molar-refractivity contribution in [2.45, 2.75) is 5.03 Å². The van der Waals surface area contributed by atoms with Crippen LogP contribution in [0.25, 0.3) is 0 Å². The summed E-state index contributed by atoms with van der Waals surface area (Å²) in [6.45, 7) is 0. The Morgan fingerprint density at radius 2 is 1.94 bits per heavy atom. The van der Waals surface area contributed by atoms with Gasteiger partial charge in [-0.15, -0.1) is 0 Å². The minimum absolute atomic E-state index is 0.0177. The summed E-state index contributed by atoms with van der Waals surface area (Å²) in [4.78, 5) is 3.75. The lowest BCUT2D eigenvalue weighted by Crippen LogP contribution is -2.17. The second-order valence-corrected chi connectivity index (χ2v) is 5.12. The Bertz CT molecular complexity index is 600. The van der Waals surface area contributed by atoms with Crippen molar-refractivity contribution in [3.8, 4) is 0 Å². The molecule has 90 valence electrons. The predicted molar refractivity (Wildman–Crippen MR) is 64.9 cm³/mol. The molecule has 3 N–H and O–H groups in total. The lowest BCUT2D eigenvalue weighted by atomic mass is 10.3. The molecule has 0 bridgehead atoms. The maximum Gasteiger partial charge on any atom is 0.281 e. The van der Waals surface area contributed by atoms with Gasteiger partial charge in [-0.2, -0.15) is 8.42 Å². The molecule has 1 heterocycles. The first-order chi connectivity index (χ1) is 8.00. The first-order valence-corrected chi connectivity index (χ1v) is 6.33. The molecular formula is C10H12N4O2S. The second-order valence-electron chi connectivity index (χ2n) is 3.52. The van der Waals surface area contributed by atoms with Crippen LogP contribution >= 0.6 is 0 Å². The maximum absolute atomic E-state index is 12.1. The van der Waals surface area contributed by atoms with Gasteiger partial charge in [0, 0.05) is 12.7 Å². The van der Waals surface area contributed by atoms with E-state index in [1.807, 2.05) is 0 Å². The van der Waals surface area contributed by atoms with E-state index in [-0.39, 0.29) is 10.8 Å². The van der Waals surface area contributed by atoms with Gasteiger partial charge < -0.3 is 10.3 Å². The van der Waals surface area contributed by atoms with Gasteiger partial charge in [0.05, 0.1) is 6.33 Å². The predicted octanol–water partition coefficient (Wildman–Crippen LogP) is 0.803. The molecule has 0 spiro atoms. The number of nitrogens with zero attached hydrogens (tertiary/aromatic N) is 2. The molecule has 17 heavy (non-hydrogen) atoms. The van der Waals surface area contributed by atoms with Crippen LogP contribution in [0.4, 0.5) is 11.5 Å². The number of aromatic nitrogens is 2. The van der Waals surface area contributed by atoms with E-state index in [9.17, 15) is 8.42 Å². The van der Waals surface area contributed by atoms with Crippen molar-refractivity contribution >= 4 is 21.5 Å². The summed E-state index contributed by atoms with van der Waals surface area (Å²) in [5, 5.41) is -0.0404. The van der Waals surface area contributed by atoms with Crippen LogP contribution in [-0.2, 0) is 17.1 Å². The molecule has 0 aliphatic heterocycles. The fourth-order valence-corrected chi connectivity index (χ4v) is 2.77. The summed E-state index contributed by atoms with van der Waals surface area (Å²) in [6, 6.07) is 8.60. The number of sulfonamides is 1. The number of hydrogen-bond donors (Lipinski definition) is 2. The number of nitrogens with one attached hydrogen (secondary N) is 1. The van der Waals surface area contributed by atoms with Crippen molar-refractivity contribution in [1.82, 2.24) is 9.55 Å². The zero-order valence-corrected chi connectivity index (χ0v) is 9.98. The molecule has 0 saturated heterocycles. The summed E-state index contributed by atoms with van der Waals surface area (Å²) in [5.41, 5.74) is 6.01. The number of rotatable bonds is 3. The molecule has 1 aromatic carbocycles. The van der Waals surface area contributed by atoms with Crippen LogP contribution in [0.3, 0.4) is 0 Å². The molecule has 0 fully saturated rings. The maximum atomic E-state index is 12.1. The molecule has 2 aromatic rings. The van der Waals surface area contributed by atoms with Crippen molar-refractivity contribution in [1.29, 1.82) is 0 Å². The molecule has 0 unspecified atom stereocenters. The number of para-hydroxylation sites is 1. The largest absolute Gasteiger partial charge is 0.381 e. The van der Waals surface area contributed by atoms with E-state index in [2.05, 4.69) is 9.71 Å². The van der Waals surface area contributed by atoms with E-state index < -0.39 is 10.0 Å². The lowest BCUT2D eigenvalue weighted by molar-refractivity contribution is 0.592. The van der Waals surface area contributed by atoms with E-state index in [0.717, 1.165) is 0 Å². The number of nitrogen functional groups attached to an aromatic ring is 1. The molecule has 0 aliphatic carbocycles. The Morgan fingerprint density at radius 1 is 1.29 bits per heavy atom. The van der Waals surface area contributed by atoms with Gasteiger partial charge in [-0.25, -0.2) is 4.98 Å². The van der Waals surface area contributed by atoms with E-state index in [1.165, 1.54) is 10.9 Å². The first-order valence-electron chi connectivity index (χ1n) is 4.85. The molecule has 0 amide bonds. The third kappa shape index (κ3) is 2.23. The first kappa shape index (κ1) is 11.5. The van der Waals surface area contributed by atoms with E-state index in [4.69, 9.17) is 5.73 Å². The summed E-state index contributed by atoms with van der Waals surface area (Å²) < 4.78 is 27.9. The van der Waals surface area contributed by atoms with Gasteiger partial charge in [0.15, 0.2) is 10.8 Å². The highest BCUT2D eigenvalue weighted by Gasteiger charge is 2.22. The van der Waals surface area contributed by atoms with Gasteiger partial charge in [0.25, 0.3) is 10.0 Å². The van der Waals surface area contributed by atoms with Crippen molar-refractivity contribution in [2.75, 3.05) is 10.5 Å². The Hall–Kier alpha value is -2.02. The number of anilines is 2. The van der Waals surface area contributed by atoms with Crippen LogP contribution < -0.4 is 10.5 Å². The molecule has 6 nitrogen and oxygen atoms in total. The van der Waals surface area contributed by atoms with Gasteiger partial charge in [0.2, 0.25) is 0 Å². The normalized spacial score (nSPS) is 11.4. The minimum Gasteiger partial charge on any atom is -0.381 e. The van der Waals surface area contributed by atoms with Crippen LogP contribution in [0.5, 0.6) is 0 Å². The number of aryl methyl sites for hydroxylation is 1. The third-order valence-electron chi connectivity index (χ3n) is 2.19. The number of imidazole rings is 1. The van der Waals surface area contributed by atoms with Crippen molar-refractivity contribution < 1.29 is 8.42 Å². The Kier molecular flexibility index (Phi) is 2.76. The number of nitrogens with two attached hydrogens (primary N) is 1. The monoisotopic (exact) mass is 252 g/mol. The van der Waals surface area contributed by atoms with Gasteiger partial charge in [-0.05, 0) is 12.1 Å². The topological polar surface area (TPSA) is 90.0 Å². The van der Waals surface area contributed by atoms with E-state index >= 15 is 0 Å². The molecule has 2 rings (SSSR count).